The lowest BCUT2D eigenvalue weighted by Gasteiger charge is -2.41. The number of carbonyl (C=O) groups is 2. The highest BCUT2D eigenvalue weighted by Crippen LogP contribution is 2.47. The fraction of sp³-hybridized carbons (Fsp3) is 0.854. The van der Waals surface area contributed by atoms with Crippen LogP contribution < -0.4 is 0 Å². The van der Waals surface area contributed by atoms with E-state index < -0.39 is 75.7 Å². The number of phosphoric acid groups is 1. The summed E-state index contributed by atoms with van der Waals surface area (Å²) >= 11 is 0. The smallest absolute Gasteiger partial charge is 0.462 e. The van der Waals surface area contributed by atoms with Gasteiger partial charge in [-0.1, -0.05) is 122 Å². The maximum atomic E-state index is 12.8. The van der Waals surface area contributed by atoms with Crippen LogP contribution in [0.3, 0.4) is 0 Å². The molecule has 0 amide bonds. The second-order valence-corrected chi connectivity index (χ2v) is 16.2. The zero-order chi connectivity index (χ0) is 40.7. The molecule has 1 rings (SSSR count). The lowest BCUT2D eigenvalue weighted by atomic mass is 9.85. The summed E-state index contributed by atoms with van der Waals surface area (Å²) in [6.45, 7) is 3.21. The van der Waals surface area contributed by atoms with Crippen molar-refractivity contribution in [2.45, 2.75) is 211 Å². The molecule has 6 unspecified atom stereocenters. The van der Waals surface area contributed by atoms with Crippen molar-refractivity contribution in [3.05, 3.63) is 24.3 Å². The van der Waals surface area contributed by atoms with Gasteiger partial charge in [-0.05, 0) is 57.8 Å². The Hall–Kier alpha value is -1.67. The van der Waals surface area contributed by atoms with E-state index in [0.29, 0.717) is 12.8 Å². The van der Waals surface area contributed by atoms with E-state index in [1.54, 1.807) is 0 Å². The largest absolute Gasteiger partial charge is 0.472 e. The van der Waals surface area contributed by atoms with Crippen molar-refractivity contribution in [3.8, 4) is 0 Å². The van der Waals surface area contributed by atoms with Crippen molar-refractivity contribution < 1.29 is 63.1 Å². The van der Waals surface area contributed by atoms with Crippen LogP contribution in [0.1, 0.15) is 168 Å². The van der Waals surface area contributed by atoms with Gasteiger partial charge in [0.25, 0.3) is 0 Å². The number of rotatable bonds is 34. The highest BCUT2D eigenvalue weighted by Gasteiger charge is 2.51. The second kappa shape index (κ2) is 32.3. The second-order valence-electron chi connectivity index (χ2n) is 14.8. The Balaban J connectivity index is 2.51. The maximum Gasteiger partial charge on any atom is 0.472 e. The molecule has 322 valence electrons. The normalized spacial score (nSPS) is 23.3. The van der Waals surface area contributed by atoms with Gasteiger partial charge in [-0.15, -0.1) is 0 Å². The molecule has 6 N–H and O–H groups in total. The van der Waals surface area contributed by atoms with E-state index in [-0.39, 0.29) is 12.8 Å². The minimum atomic E-state index is -5.11. The van der Waals surface area contributed by atoms with Crippen LogP contribution in [-0.2, 0) is 32.7 Å². The van der Waals surface area contributed by atoms with Crippen LogP contribution in [0, 0.1) is 0 Å². The maximum absolute atomic E-state index is 12.8. The zero-order valence-corrected chi connectivity index (χ0v) is 34.6. The van der Waals surface area contributed by atoms with Gasteiger partial charge in [0.1, 0.15) is 43.2 Å². The van der Waals surface area contributed by atoms with Crippen LogP contribution >= 0.6 is 7.82 Å². The summed E-state index contributed by atoms with van der Waals surface area (Å²) in [5, 5.41) is 50.0. The van der Waals surface area contributed by atoms with Crippen molar-refractivity contribution in [2.24, 2.45) is 0 Å². The molecule has 1 aliphatic carbocycles. The molecule has 13 nitrogen and oxygen atoms in total. The van der Waals surface area contributed by atoms with E-state index in [0.717, 1.165) is 77.0 Å². The Bertz CT molecular complexity index is 1070. The number of unbranched alkanes of at least 4 members (excludes halogenated alkanes) is 18. The molecule has 8 atom stereocenters. The van der Waals surface area contributed by atoms with Crippen molar-refractivity contribution in [3.63, 3.8) is 0 Å². The molecule has 0 saturated heterocycles. The number of carbonyl (C=O) groups excluding carboxylic acids is 2. The monoisotopic (exact) mass is 806 g/mol. The van der Waals surface area contributed by atoms with E-state index in [1.165, 1.54) is 51.4 Å². The molecule has 55 heavy (non-hydrogen) atoms. The van der Waals surface area contributed by atoms with Crippen molar-refractivity contribution >= 4 is 19.8 Å². The standard InChI is InChI=1S/C41H75O13P/c1-3-5-7-9-11-13-15-16-17-18-20-22-24-26-28-30-35(43)53-33(31-51-34(42)29-27-25-23-21-19-14-12-10-8-6-4-2)32-52-55(49,50)54-41-39(47)37(45)36(44)38(46)40(41)48/h10,12-13,15,33,36-41,44-48H,3-9,11,14,16-32H2,1-2H3,(H,49,50)/b12-10+,15-13+/t33-,36?,37-,38?,39?,40?,41?/m1/s1. The van der Waals surface area contributed by atoms with Gasteiger partial charge in [0.2, 0.25) is 0 Å². The molecule has 0 radical (unpaired) electrons. The quantitative estimate of drug-likeness (QED) is 0.0164. The molecule has 0 aromatic carbocycles. The van der Waals surface area contributed by atoms with Gasteiger partial charge in [0.15, 0.2) is 6.10 Å². The van der Waals surface area contributed by atoms with Crippen molar-refractivity contribution in [1.82, 2.24) is 0 Å². The first-order valence-corrected chi connectivity index (χ1v) is 22.6. The van der Waals surface area contributed by atoms with E-state index in [9.17, 15) is 44.6 Å². The number of allylic oxidation sites excluding steroid dienone is 4. The fourth-order valence-corrected chi connectivity index (χ4v) is 7.23. The molecule has 0 aliphatic heterocycles. The first-order chi connectivity index (χ1) is 26.4. The average molecular weight is 807 g/mol. The number of aliphatic hydroxyl groups excluding tert-OH is 5. The molecule has 1 fully saturated rings. The summed E-state index contributed by atoms with van der Waals surface area (Å²) in [5.74, 6) is -1.12. The molecule has 1 aliphatic rings. The van der Waals surface area contributed by atoms with E-state index in [4.69, 9.17) is 18.5 Å². The highest BCUT2D eigenvalue weighted by molar-refractivity contribution is 7.47. The van der Waals surface area contributed by atoms with Crippen LogP contribution in [0.15, 0.2) is 24.3 Å². The van der Waals surface area contributed by atoms with Gasteiger partial charge in [-0.3, -0.25) is 18.6 Å². The predicted octanol–water partition coefficient (Wildman–Crippen LogP) is 7.28. The third-order valence-electron chi connectivity index (χ3n) is 9.77. The molecule has 0 heterocycles. The number of esters is 2. The molecule has 0 bridgehead atoms. The summed E-state index contributed by atoms with van der Waals surface area (Å²) in [5.41, 5.74) is 0. The Morgan fingerprint density at radius 1 is 0.545 bits per heavy atom. The Morgan fingerprint density at radius 3 is 1.44 bits per heavy atom. The summed E-state index contributed by atoms with van der Waals surface area (Å²) < 4.78 is 33.4. The number of hydrogen-bond acceptors (Lipinski definition) is 12. The van der Waals surface area contributed by atoms with Gasteiger partial charge in [-0.2, -0.15) is 0 Å². The van der Waals surface area contributed by atoms with Crippen LogP contribution in [0.2, 0.25) is 0 Å². The third kappa shape index (κ3) is 25.3. The first kappa shape index (κ1) is 51.3. The molecular weight excluding hydrogens is 731 g/mol. The van der Waals surface area contributed by atoms with Gasteiger partial charge in [0, 0.05) is 12.8 Å². The summed E-state index contributed by atoms with van der Waals surface area (Å²) in [6, 6.07) is 0. The average Bonchev–Trinajstić information content (AvgIpc) is 3.16. The fourth-order valence-electron chi connectivity index (χ4n) is 6.26. The summed E-state index contributed by atoms with van der Waals surface area (Å²) in [4.78, 5) is 35.5. The zero-order valence-electron chi connectivity index (χ0n) is 33.7. The molecule has 14 heteroatoms. The van der Waals surface area contributed by atoms with Gasteiger partial charge < -0.3 is 39.9 Å². The SMILES string of the molecule is CCCC/C=C/CCCCCCCC(=O)OC[C@H](COP(=O)(O)OC1C(O)C(O)C(O)[C@@H](O)C1O)OC(=O)CCCCCCCCC/C=C/CCCCCC. The molecular formula is C41H75O13P. The van der Waals surface area contributed by atoms with Gasteiger partial charge >= 0.3 is 19.8 Å². The Kier molecular flexibility index (Phi) is 30.2. The van der Waals surface area contributed by atoms with Crippen LogP contribution in [-0.4, -0.2) is 98.3 Å². The number of aliphatic hydroxyl groups is 5. The van der Waals surface area contributed by atoms with E-state index >= 15 is 0 Å². The van der Waals surface area contributed by atoms with E-state index in [1.807, 2.05) is 0 Å². The Labute approximate surface area is 330 Å². The van der Waals surface area contributed by atoms with Crippen LogP contribution in [0.5, 0.6) is 0 Å². The molecule has 1 saturated carbocycles. The summed E-state index contributed by atoms with van der Waals surface area (Å²) in [7, 11) is -5.11. The van der Waals surface area contributed by atoms with Gasteiger partial charge in [-0.25, -0.2) is 4.57 Å². The lowest BCUT2D eigenvalue weighted by Crippen LogP contribution is -2.64. The van der Waals surface area contributed by atoms with Crippen molar-refractivity contribution in [1.29, 1.82) is 0 Å². The molecule has 0 aromatic heterocycles. The predicted molar refractivity (Wildman–Crippen MR) is 212 cm³/mol. The molecule has 0 spiro atoms. The van der Waals surface area contributed by atoms with Crippen molar-refractivity contribution in [2.75, 3.05) is 13.2 Å². The number of ether oxygens (including phenoxy) is 2. The summed E-state index contributed by atoms with van der Waals surface area (Å²) in [6.07, 6.45) is 19.6. The van der Waals surface area contributed by atoms with Crippen LogP contribution in [0.25, 0.3) is 0 Å². The van der Waals surface area contributed by atoms with E-state index in [2.05, 4.69) is 38.2 Å². The van der Waals surface area contributed by atoms with Crippen LogP contribution in [0.4, 0.5) is 0 Å². The minimum Gasteiger partial charge on any atom is -0.462 e. The number of hydrogen-bond donors (Lipinski definition) is 6. The topological polar surface area (TPSA) is 210 Å². The molecule has 0 aromatic rings. The first-order valence-electron chi connectivity index (χ1n) is 21.1. The number of phosphoric ester groups is 1. The minimum absolute atomic E-state index is 0.0911. The van der Waals surface area contributed by atoms with Gasteiger partial charge in [0.05, 0.1) is 6.61 Å². The third-order valence-corrected chi connectivity index (χ3v) is 10.8. The lowest BCUT2D eigenvalue weighted by molar-refractivity contribution is -0.220. The highest BCUT2D eigenvalue weighted by atomic mass is 31.2. The Morgan fingerprint density at radius 2 is 0.945 bits per heavy atom.